The standard InChI is InChI=1S/C15H20N4O2/c1-10(15(3,4)21-14(16)20)19-9-13(18-11(19)2)12-6-5-7-17-8-12/h5-10H,1-4H3,(H2,16,20). The second-order valence-corrected chi connectivity index (χ2v) is 5.52. The average Bonchev–Trinajstić information content (AvgIpc) is 2.79. The zero-order chi connectivity index (χ0) is 15.6. The van der Waals surface area contributed by atoms with Gasteiger partial charge < -0.3 is 15.0 Å². The fourth-order valence-electron chi connectivity index (χ4n) is 2.21. The molecule has 0 bridgehead atoms. The fraction of sp³-hybridized carbons (Fsp3) is 0.400. The van der Waals surface area contributed by atoms with Crippen LogP contribution in [0.5, 0.6) is 0 Å². The first-order valence-electron chi connectivity index (χ1n) is 6.75. The Hall–Kier alpha value is -2.37. The zero-order valence-electron chi connectivity index (χ0n) is 12.7. The molecule has 1 amide bonds. The van der Waals surface area contributed by atoms with Gasteiger partial charge in [0.15, 0.2) is 0 Å². The molecule has 0 aliphatic heterocycles. The van der Waals surface area contributed by atoms with Crippen molar-refractivity contribution < 1.29 is 9.53 Å². The number of imidazole rings is 1. The Bertz CT molecular complexity index is 634. The zero-order valence-corrected chi connectivity index (χ0v) is 12.7. The first kappa shape index (κ1) is 15.0. The van der Waals surface area contributed by atoms with Gasteiger partial charge in [0.2, 0.25) is 0 Å². The number of carbonyl (C=O) groups is 1. The Morgan fingerprint density at radius 1 is 1.48 bits per heavy atom. The summed E-state index contributed by atoms with van der Waals surface area (Å²) in [6.07, 6.45) is 4.64. The van der Waals surface area contributed by atoms with Crippen molar-refractivity contribution in [2.45, 2.75) is 39.3 Å². The Kier molecular flexibility index (Phi) is 3.97. The third-order valence-electron chi connectivity index (χ3n) is 3.66. The summed E-state index contributed by atoms with van der Waals surface area (Å²) in [4.78, 5) is 19.7. The van der Waals surface area contributed by atoms with E-state index in [1.807, 2.05) is 50.6 Å². The maximum absolute atomic E-state index is 11.0. The van der Waals surface area contributed by atoms with E-state index in [0.29, 0.717) is 0 Å². The van der Waals surface area contributed by atoms with Gasteiger partial charge in [-0.3, -0.25) is 4.98 Å². The molecule has 2 rings (SSSR count). The van der Waals surface area contributed by atoms with Crippen molar-refractivity contribution in [3.63, 3.8) is 0 Å². The second kappa shape index (κ2) is 5.55. The summed E-state index contributed by atoms with van der Waals surface area (Å²) in [5, 5.41) is 0. The van der Waals surface area contributed by atoms with Crippen molar-refractivity contribution in [1.29, 1.82) is 0 Å². The number of hydrogen-bond acceptors (Lipinski definition) is 4. The third kappa shape index (κ3) is 3.21. The number of aromatic nitrogens is 3. The van der Waals surface area contributed by atoms with E-state index in [0.717, 1.165) is 17.1 Å². The van der Waals surface area contributed by atoms with Crippen LogP contribution in [0.4, 0.5) is 4.79 Å². The van der Waals surface area contributed by atoms with Crippen molar-refractivity contribution in [2.24, 2.45) is 5.73 Å². The van der Waals surface area contributed by atoms with Crippen molar-refractivity contribution >= 4 is 6.09 Å². The van der Waals surface area contributed by atoms with Gasteiger partial charge in [0.1, 0.15) is 11.4 Å². The van der Waals surface area contributed by atoms with Gasteiger partial charge >= 0.3 is 6.09 Å². The van der Waals surface area contributed by atoms with Crippen LogP contribution in [0.1, 0.15) is 32.6 Å². The summed E-state index contributed by atoms with van der Waals surface area (Å²) >= 11 is 0. The number of carbonyl (C=O) groups excluding carboxylic acids is 1. The number of nitrogens with two attached hydrogens (primary N) is 1. The monoisotopic (exact) mass is 288 g/mol. The molecule has 0 fully saturated rings. The molecule has 6 heteroatoms. The van der Waals surface area contributed by atoms with E-state index >= 15 is 0 Å². The maximum atomic E-state index is 11.0. The molecule has 112 valence electrons. The van der Waals surface area contributed by atoms with Crippen molar-refractivity contribution in [3.05, 3.63) is 36.5 Å². The predicted molar refractivity (Wildman–Crippen MR) is 79.7 cm³/mol. The molecular weight excluding hydrogens is 268 g/mol. The molecule has 2 N–H and O–H groups in total. The third-order valence-corrected chi connectivity index (χ3v) is 3.66. The Balaban J connectivity index is 2.33. The molecule has 0 spiro atoms. The molecule has 6 nitrogen and oxygen atoms in total. The minimum absolute atomic E-state index is 0.108. The van der Waals surface area contributed by atoms with Gasteiger partial charge in [-0.05, 0) is 39.8 Å². The van der Waals surface area contributed by atoms with Crippen LogP contribution in [0.2, 0.25) is 0 Å². The van der Waals surface area contributed by atoms with Crippen molar-refractivity contribution in [3.8, 4) is 11.3 Å². The molecule has 0 saturated heterocycles. The lowest BCUT2D eigenvalue weighted by atomic mass is 10.00. The van der Waals surface area contributed by atoms with Crippen LogP contribution < -0.4 is 5.73 Å². The van der Waals surface area contributed by atoms with Crippen LogP contribution >= 0.6 is 0 Å². The van der Waals surface area contributed by atoms with Gasteiger partial charge in [-0.1, -0.05) is 0 Å². The molecule has 0 radical (unpaired) electrons. The summed E-state index contributed by atoms with van der Waals surface area (Å²) < 4.78 is 7.18. The predicted octanol–water partition coefficient (Wildman–Crippen LogP) is 2.69. The van der Waals surface area contributed by atoms with Crippen LogP contribution in [0.15, 0.2) is 30.7 Å². The number of primary amides is 1. The van der Waals surface area contributed by atoms with E-state index in [1.165, 1.54) is 0 Å². The highest BCUT2D eigenvalue weighted by molar-refractivity contribution is 5.65. The van der Waals surface area contributed by atoms with E-state index in [2.05, 4.69) is 9.97 Å². The number of pyridine rings is 1. The summed E-state index contributed by atoms with van der Waals surface area (Å²) in [5.74, 6) is 0.836. The van der Waals surface area contributed by atoms with E-state index < -0.39 is 11.7 Å². The minimum Gasteiger partial charge on any atom is -0.441 e. The molecule has 2 aromatic rings. The van der Waals surface area contributed by atoms with Gasteiger partial charge in [0.05, 0.1) is 11.7 Å². The highest BCUT2D eigenvalue weighted by Crippen LogP contribution is 2.29. The van der Waals surface area contributed by atoms with Gasteiger partial charge in [-0.15, -0.1) is 0 Å². The van der Waals surface area contributed by atoms with Gasteiger partial charge in [0.25, 0.3) is 0 Å². The van der Waals surface area contributed by atoms with Crippen molar-refractivity contribution in [2.75, 3.05) is 0 Å². The molecule has 0 aromatic carbocycles. The number of aryl methyl sites for hydroxylation is 1. The molecule has 0 aliphatic rings. The SMILES string of the molecule is Cc1nc(-c2cccnc2)cn1C(C)C(C)(C)OC(N)=O. The van der Waals surface area contributed by atoms with Crippen LogP contribution in [-0.2, 0) is 4.74 Å². The summed E-state index contributed by atoms with van der Waals surface area (Å²) in [6, 6.07) is 3.71. The van der Waals surface area contributed by atoms with E-state index in [9.17, 15) is 4.79 Å². The Labute approximate surface area is 124 Å². The Morgan fingerprint density at radius 3 is 2.76 bits per heavy atom. The van der Waals surface area contributed by atoms with Crippen LogP contribution in [-0.4, -0.2) is 26.2 Å². The number of rotatable bonds is 4. The lowest BCUT2D eigenvalue weighted by Gasteiger charge is -2.32. The highest BCUT2D eigenvalue weighted by Gasteiger charge is 2.31. The molecule has 1 atom stereocenters. The lowest BCUT2D eigenvalue weighted by molar-refractivity contribution is 0.00872. The van der Waals surface area contributed by atoms with E-state index in [4.69, 9.17) is 10.5 Å². The first-order valence-corrected chi connectivity index (χ1v) is 6.75. The smallest absolute Gasteiger partial charge is 0.405 e. The summed E-state index contributed by atoms with van der Waals surface area (Å²) in [6.45, 7) is 7.53. The van der Waals surface area contributed by atoms with Gasteiger partial charge in [0, 0.05) is 24.2 Å². The molecule has 1 unspecified atom stereocenters. The van der Waals surface area contributed by atoms with E-state index in [1.54, 1.807) is 12.4 Å². The lowest BCUT2D eigenvalue weighted by Crippen LogP contribution is -2.38. The molecular formula is C15H20N4O2. The largest absolute Gasteiger partial charge is 0.441 e. The number of hydrogen-bond donors (Lipinski definition) is 1. The quantitative estimate of drug-likeness (QED) is 0.937. The molecule has 2 heterocycles. The average molecular weight is 288 g/mol. The second-order valence-electron chi connectivity index (χ2n) is 5.52. The highest BCUT2D eigenvalue weighted by atomic mass is 16.6. The van der Waals surface area contributed by atoms with E-state index in [-0.39, 0.29) is 6.04 Å². The molecule has 21 heavy (non-hydrogen) atoms. The summed E-state index contributed by atoms with van der Waals surface area (Å²) in [7, 11) is 0. The first-order chi connectivity index (χ1) is 9.81. The Morgan fingerprint density at radius 2 is 2.19 bits per heavy atom. The number of amides is 1. The van der Waals surface area contributed by atoms with Gasteiger partial charge in [-0.25, -0.2) is 9.78 Å². The van der Waals surface area contributed by atoms with Crippen LogP contribution in [0.25, 0.3) is 11.3 Å². The van der Waals surface area contributed by atoms with Gasteiger partial charge in [-0.2, -0.15) is 0 Å². The van der Waals surface area contributed by atoms with Crippen LogP contribution in [0, 0.1) is 6.92 Å². The molecule has 0 aliphatic carbocycles. The summed E-state index contributed by atoms with van der Waals surface area (Å²) in [5.41, 5.74) is 6.18. The minimum atomic E-state index is -0.780. The van der Waals surface area contributed by atoms with Crippen LogP contribution in [0.3, 0.4) is 0 Å². The molecule has 0 saturated carbocycles. The normalized spacial score (nSPS) is 13.0. The number of ether oxygens (including phenoxy) is 1. The maximum Gasteiger partial charge on any atom is 0.405 e. The topological polar surface area (TPSA) is 83.0 Å². The molecule has 2 aromatic heterocycles. The van der Waals surface area contributed by atoms with Crippen molar-refractivity contribution in [1.82, 2.24) is 14.5 Å². The fourth-order valence-corrected chi connectivity index (χ4v) is 2.21. The number of nitrogens with zero attached hydrogens (tertiary/aromatic N) is 3.